The number of carboxylic acid groups (broad SMARTS) is 1. The number of aliphatic carboxylic acids is 1. The maximum atomic E-state index is 13.1. The van der Waals surface area contributed by atoms with Crippen LogP contribution in [0.1, 0.15) is 12.6 Å². The fourth-order valence-electron chi connectivity index (χ4n) is 3.47. The van der Waals surface area contributed by atoms with Crippen molar-refractivity contribution in [2.45, 2.75) is 24.9 Å². The highest BCUT2D eigenvalue weighted by Gasteiger charge is 2.54. The number of nitrogens with zero attached hydrogens (tertiary/aromatic N) is 5. The Hall–Kier alpha value is -3.92. The number of aromatic nitrogens is 3. The van der Waals surface area contributed by atoms with Gasteiger partial charge in [0.25, 0.3) is 11.8 Å². The van der Waals surface area contributed by atoms with E-state index in [1.807, 2.05) is 0 Å². The van der Waals surface area contributed by atoms with Gasteiger partial charge in [-0.2, -0.15) is 0 Å². The van der Waals surface area contributed by atoms with Gasteiger partial charge in [-0.05, 0) is 0 Å². The van der Waals surface area contributed by atoms with Crippen molar-refractivity contribution in [1.29, 1.82) is 0 Å². The maximum absolute atomic E-state index is 13.1. The van der Waals surface area contributed by atoms with E-state index in [9.17, 15) is 24.3 Å². The fraction of sp³-hybridized carbons (Fsp3) is 0.350. The number of amides is 2. The largest absolute Gasteiger partial charge is 0.477 e. The van der Waals surface area contributed by atoms with Crippen LogP contribution in [0.2, 0.25) is 0 Å². The number of nitrogens with one attached hydrogen (secondary N) is 1. The molecule has 1 unspecified atom stereocenters. The number of thiazole rings is 1. The Morgan fingerprint density at radius 1 is 1.39 bits per heavy atom. The van der Waals surface area contributed by atoms with Crippen LogP contribution in [-0.2, 0) is 35.3 Å². The van der Waals surface area contributed by atoms with Crippen molar-refractivity contribution in [2.75, 3.05) is 24.7 Å². The number of β-lactam (4-membered cyclic amide) rings is 1. The van der Waals surface area contributed by atoms with E-state index >= 15 is 0 Å². The van der Waals surface area contributed by atoms with Gasteiger partial charge in [-0.1, -0.05) is 5.16 Å². The number of nitrogen functional groups attached to an aromatic ring is 1. The second-order valence-corrected chi connectivity index (χ2v) is 9.54. The van der Waals surface area contributed by atoms with E-state index < -0.39 is 35.2 Å². The molecule has 2 amide bonds. The lowest BCUT2D eigenvalue weighted by molar-refractivity contribution is -0.150. The lowest BCUT2D eigenvalue weighted by Crippen LogP contribution is -2.71. The first kappa shape index (κ1) is 25.2. The number of carbonyl (C=O) groups excluding carboxylic acids is 3. The molecule has 2 aromatic heterocycles. The van der Waals surface area contributed by atoms with Gasteiger partial charge in [0.2, 0.25) is 0 Å². The molecule has 190 valence electrons. The molecule has 0 saturated carbocycles. The second kappa shape index (κ2) is 10.8. The average Bonchev–Trinajstić information content (AvgIpc) is 3.52. The number of carbonyl (C=O) groups is 4. The summed E-state index contributed by atoms with van der Waals surface area (Å²) in [4.78, 5) is 63.3. The Labute approximate surface area is 212 Å². The number of carboxylic acids is 1. The molecule has 14 nitrogen and oxygen atoms in total. The minimum atomic E-state index is -1.33. The van der Waals surface area contributed by atoms with Crippen LogP contribution < -0.4 is 11.1 Å². The molecule has 4 heterocycles. The third-order valence-electron chi connectivity index (χ3n) is 5.12. The van der Waals surface area contributed by atoms with Gasteiger partial charge in [-0.25, -0.2) is 14.8 Å². The van der Waals surface area contributed by atoms with Crippen molar-refractivity contribution in [3.8, 4) is 0 Å². The molecule has 0 bridgehead atoms. The lowest BCUT2D eigenvalue weighted by Gasteiger charge is -2.49. The van der Waals surface area contributed by atoms with E-state index in [2.05, 4.69) is 20.4 Å². The Morgan fingerprint density at radius 3 is 2.83 bits per heavy atom. The molecule has 0 radical (unpaired) electrons. The minimum absolute atomic E-state index is 0.138. The summed E-state index contributed by atoms with van der Waals surface area (Å²) in [5, 5.41) is 17.3. The summed E-state index contributed by atoms with van der Waals surface area (Å²) in [6.07, 6.45) is 4.97. The summed E-state index contributed by atoms with van der Waals surface area (Å²) in [6, 6.07) is -1.00. The second-order valence-electron chi connectivity index (χ2n) is 7.54. The summed E-state index contributed by atoms with van der Waals surface area (Å²) in [6.45, 7) is 1.54. The Bertz CT molecular complexity index is 1240. The summed E-state index contributed by atoms with van der Waals surface area (Å²) in [5.74, 6) is -3.03. The van der Waals surface area contributed by atoms with Crippen molar-refractivity contribution in [3.05, 3.63) is 41.1 Å². The first-order valence-corrected chi connectivity index (χ1v) is 12.4. The van der Waals surface area contributed by atoms with Crippen LogP contribution in [0.3, 0.4) is 0 Å². The monoisotopic (exact) mass is 535 g/mol. The van der Waals surface area contributed by atoms with Gasteiger partial charge in [-0.3, -0.25) is 19.3 Å². The number of oxime groups is 1. The first-order valence-electron chi connectivity index (χ1n) is 10.5. The minimum Gasteiger partial charge on any atom is -0.477 e. The molecule has 2 aromatic rings. The van der Waals surface area contributed by atoms with Crippen molar-refractivity contribution in [1.82, 2.24) is 24.8 Å². The zero-order valence-corrected chi connectivity index (χ0v) is 20.5. The third-order valence-corrected chi connectivity index (χ3v) is 7.14. The molecule has 36 heavy (non-hydrogen) atoms. The molecule has 2 aliphatic rings. The van der Waals surface area contributed by atoms with Gasteiger partial charge < -0.3 is 30.3 Å². The molecule has 2 aliphatic heterocycles. The van der Waals surface area contributed by atoms with Gasteiger partial charge in [0.1, 0.15) is 36.0 Å². The Balaban J connectivity index is 1.46. The number of hydrogen-bond acceptors (Lipinski definition) is 12. The SMILES string of the molecule is CC(=O)OCC1=C(C(=O)O)N2C(=O)C(NC(=O)C(=NOCCn3ccnc3)c3csc(N)n3)[C@H]2SC1. The number of rotatable bonds is 10. The van der Waals surface area contributed by atoms with E-state index in [0.29, 0.717) is 12.1 Å². The van der Waals surface area contributed by atoms with Gasteiger partial charge >= 0.3 is 11.9 Å². The van der Waals surface area contributed by atoms with Crippen molar-refractivity contribution in [2.24, 2.45) is 5.16 Å². The zero-order valence-electron chi connectivity index (χ0n) is 18.8. The van der Waals surface area contributed by atoms with E-state index in [1.54, 1.807) is 23.3 Å². The number of esters is 1. The number of thioether (sulfide) groups is 1. The maximum Gasteiger partial charge on any atom is 0.352 e. The highest BCUT2D eigenvalue weighted by atomic mass is 32.2. The van der Waals surface area contributed by atoms with Crippen molar-refractivity contribution < 1.29 is 33.9 Å². The summed E-state index contributed by atoms with van der Waals surface area (Å²) in [5.41, 5.74) is 5.74. The molecular weight excluding hydrogens is 514 g/mol. The van der Waals surface area contributed by atoms with E-state index in [4.69, 9.17) is 15.3 Å². The normalized spacial score (nSPS) is 19.4. The lowest BCUT2D eigenvalue weighted by atomic mass is 10.0. The molecule has 4 rings (SSSR count). The van der Waals surface area contributed by atoms with Crippen molar-refractivity contribution >= 4 is 57.7 Å². The number of fused-ring (bicyclic) bond motifs is 1. The van der Waals surface area contributed by atoms with Gasteiger partial charge in [-0.15, -0.1) is 23.1 Å². The van der Waals surface area contributed by atoms with E-state index in [0.717, 1.165) is 16.2 Å². The van der Waals surface area contributed by atoms with Crippen LogP contribution in [-0.4, -0.2) is 84.4 Å². The molecule has 1 fully saturated rings. The van der Waals surface area contributed by atoms with Crippen molar-refractivity contribution in [3.63, 3.8) is 0 Å². The number of nitrogens with two attached hydrogens (primary N) is 1. The fourth-order valence-corrected chi connectivity index (χ4v) is 5.34. The number of hydrogen-bond donors (Lipinski definition) is 3. The molecule has 0 aromatic carbocycles. The van der Waals surface area contributed by atoms with Crippen LogP contribution in [0.4, 0.5) is 5.13 Å². The Morgan fingerprint density at radius 2 is 2.19 bits per heavy atom. The average molecular weight is 536 g/mol. The number of imidazole rings is 1. The standard InChI is InChI=1S/C20H21N7O7S2/c1-10(28)33-6-11-7-35-18-14(17(30)27(18)15(11)19(31)32)24-16(29)13(12-8-36-20(21)23-12)25-34-5-4-26-3-2-22-9-26/h2-3,8-9,14,18H,4-7H2,1H3,(H2,21,23)(H,24,29)(H,31,32)/t14?,18-/m1/s1. The van der Waals surface area contributed by atoms with Crippen LogP contribution in [0.15, 0.2) is 40.5 Å². The summed E-state index contributed by atoms with van der Waals surface area (Å²) in [7, 11) is 0. The highest BCUT2D eigenvalue weighted by Crippen LogP contribution is 2.40. The summed E-state index contributed by atoms with van der Waals surface area (Å²) < 4.78 is 6.68. The third kappa shape index (κ3) is 5.33. The topological polar surface area (TPSA) is 191 Å². The van der Waals surface area contributed by atoms with Crippen LogP contribution in [0.5, 0.6) is 0 Å². The van der Waals surface area contributed by atoms with E-state index in [1.165, 1.54) is 24.1 Å². The van der Waals surface area contributed by atoms with Gasteiger partial charge in [0.05, 0.1) is 12.9 Å². The quantitative estimate of drug-likeness (QED) is 0.118. The molecule has 0 spiro atoms. The Kier molecular flexibility index (Phi) is 7.54. The van der Waals surface area contributed by atoms with E-state index in [-0.39, 0.29) is 41.2 Å². The molecule has 0 aliphatic carbocycles. The van der Waals surface area contributed by atoms with Crippen LogP contribution in [0.25, 0.3) is 0 Å². The first-order chi connectivity index (χ1) is 17.3. The molecule has 1 saturated heterocycles. The highest BCUT2D eigenvalue weighted by molar-refractivity contribution is 8.00. The molecule has 16 heteroatoms. The molecular formula is C20H21N7O7S2. The number of ether oxygens (including phenoxy) is 1. The van der Waals surface area contributed by atoms with Gasteiger partial charge in [0.15, 0.2) is 10.8 Å². The molecule has 4 N–H and O–H groups in total. The van der Waals surface area contributed by atoms with Gasteiger partial charge in [0, 0.05) is 36.0 Å². The molecule has 2 atom stereocenters. The van der Waals surface area contributed by atoms with Crippen LogP contribution in [0, 0.1) is 0 Å². The van der Waals surface area contributed by atoms with Crippen LogP contribution >= 0.6 is 23.1 Å². The predicted octanol–water partition coefficient (Wildman–Crippen LogP) is -0.356. The smallest absolute Gasteiger partial charge is 0.352 e. The zero-order chi connectivity index (χ0) is 25.8. The summed E-state index contributed by atoms with van der Waals surface area (Å²) >= 11 is 2.35. The number of anilines is 1. The predicted molar refractivity (Wildman–Crippen MR) is 128 cm³/mol.